The molecule has 0 aromatic heterocycles. The third-order valence-electron chi connectivity index (χ3n) is 5.44. The third kappa shape index (κ3) is 2.97. The molecule has 3 unspecified atom stereocenters. The summed E-state index contributed by atoms with van der Waals surface area (Å²) in [5.41, 5.74) is 5.84. The summed E-state index contributed by atoms with van der Waals surface area (Å²) in [4.78, 5) is 0. The van der Waals surface area contributed by atoms with E-state index >= 15 is 0 Å². The number of rotatable bonds is 1. The Hall–Kier alpha value is -2.04. The van der Waals surface area contributed by atoms with Gasteiger partial charge < -0.3 is 19.9 Å². The van der Waals surface area contributed by atoms with Crippen LogP contribution in [0.4, 0.5) is 5.69 Å². The molecule has 26 heavy (non-hydrogen) atoms. The number of aromatic hydroxyl groups is 1. The van der Waals surface area contributed by atoms with Crippen LogP contribution in [0.3, 0.4) is 0 Å². The lowest BCUT2D eigenvalue weighted by Gasteiger charge is -2.43. The van der Waals surface area contributed by atoms with E-state index in [2.05, 4.69) is 44.3 Å². The van der Waals surface area contributed by atoms with Crippen molar-refractivity contribution in [2.75, 3.05) is 18.5 Å². The molecule has 4 rings (SSSR count). The average Bonchev–Trinajstić information content (AvgIpc) is 2.60. The molecule has 2 N–H and O–H groups in total. The second-order valence-electron chi connectivity index (χ2n) is 8.34. The van der Waals surface area contributed by atoms with Gasteiger partial charge in [0.05, 0.1) is 19.3 Å². The summed E-state index contributed by atoms with van der Waals surface area (Å²) in [6, 6.07) is 12.1. The first-order chi connectivity index (χ1) is 12.3. The standard InChI is InChI=1S/C22H27NO3/c1-13-11-15(24)6-7-16(13)19-21-20(25-9-10-26-21)17-12-14(22(2,3)4)5-8-18(17)23-19/h5-8,11-12,19-21,23-24H,9-10H2,1-4H3. The van der Waals surface area contributed by atoms with Crippen LogP contribution in [0.5, 0.6) is 5.75 Å². The smallest absolute Gasteiger partial charge is 0.115 e. The predicted molar refractivity (Wildman–Crippen MR) is 103 cm³/mol. The fourth-order valence-corrected chi connectivity index (χ4v) is 3.99. The van der Waals surface area contributed by atoms with Crippen molar-refractivity contribution in [1.82, 2.24) is 0 Å². The van der Waals surface area contributed by atoms with Gasteiger partial charge in [-0.05, 0) is 47.2 Å². The largest absolute Gasteiger partial charge is 0.508 e. The number of hydrogen-bond donors (Lipinski definition) is 2. The molecule has 138 valence electrons. The Kier molecular flexibility index (Phi) is 4.20. The van der Waals surface area contributed by atoms with Crippen LogP contribution in [-0.4, -0.2) is 24.4 Å². The highest BCUT2D eigenvalue weighted by atomic mass is 16.6. The summed E-state index contributed by atoms with van der Waals surface area (Å²) in [6.07, 6.45) is -0.171. The first-order valence-corrected chi connectivity index (χ1v) is 9.28. The first-order valence-electron chi connectivity index (χ1n) is 9.28. The molecule has 2 aromatic rings. The maximum atomic E-state index is 9.76. The number of ether oxygens (including phenoxy) is 2. The van der Waals surface area contributed by atoms with Crippen molar-refractivity contribution >= 4 is 5.69 Å². The van der Waals surface area contributed by atoms with Gasteiger partial charge in [0, 0.05) is 11.3 Å². The highest BCUT2D eigenvalue weighted by Gasteiger charge is 2.41. The molecule has 1 saturated heterocycles. The van der Waals surface area contributed by atoms with Gasteiger partial charge in [0.2, 0.25) is 0 Å². The molecule has 1 fully saturated rings. The van der Waals surface area contributed by atoms with Crippen LogP contribution >= 0.6 is 0 Å². The topological polar surface area (TPSA) is 50.7 Å². The lowest BCUT2D eigenvalue weighted by atomic mass is 9.81. The maximum absolute atomic E-state index is 9.76. The van der Waals surface area contributed by atoms with Gasteiger partial charge in [-0.25, -0.2) is 0 Å². The van der Waals surface area contributed by atoms with Crippen LogP contribution in [0.25, 0.3) is 0 Å². The Morgan fingerprint density at radius 2 is 1.77 bits per heavy atom. The van der Waals surface area contributed by atoms with Crippen LogP contribution in [0.2, 0.25) is 0 Å². The lowest BCUT2D eigenvalue weighted by Crippen LogP contribution is -2.43. The Labute approximate surface area is 155 Å². The minimum absolute atomic E-state index is 0.00566. The van der Waals surface area contributed by atoms with Crippen molar-refractivity contribution in [2.45, 2.75) is 51.4 Å². The molecule has 0 saturated carbocycles. The summed E-state index contributed by atoms with van der Waals surface area (Å²) in [6.45, 7) is 9.91. The molecule has 0 amide bonds. The molecule has 4 heteroatoms. The third-order valence-corrected chi connectivity index (χ3v) is 5.44. The Morgan fingerprint density at radius 3 is 2.50 bits per heavy atom. The highest BCUT2D eigenvalue weighted by molar-refractivity contribution is 5.60. The molecule has 2 aromatic carbocycles. The zero-order chi connectivity index (χ0) is 18.5. The average molecular weight is 353 g/mol. The van der Waals surface area contributed by atoms with E-state index in [1.54, 1.807) is 12.1 Å². The summed E-state index contributed by atoms with van der Waals surface area (Å²) >= 11 is 0. The van der Waals surface area contributed by atoms with Crippen LogP contribution in [-0.2, 0) is 14.9 Å². The van der Waals surface area contributed by atoms with E-state index in [0.717, 1.165) is 16.8 Å². The number of phenolic OH excluding ortho intramolecular Hbond substituents is 1. The molecule has 0 radical (unpaired) electrons. The van der Waals surface area contributed by atoms with Crippen molar-refractivity contribution in [1.29, 1.82) is 0 Å². The molecule has 4 nitrogen and oxygen atoms in total. The van der Waals surface area contributed by atoms with Crippen molar-refractivity contribution in [3.05, 3.63) is 58.7 Å². The number of nitrogens with one attached hydrogen (secondary N) is 1. The van der Waals surface area contributed by atoms with E-state index in [0.29, 0.717) is 13.2 Å². The predicted octanol–water partition coefficient (Wildman–Crippen LogP) is 4.62. The van der Waals surface area contributed by atoms with Gasteiger partial charge in [0.1, 0.15) is 18.0 Å². The normalized spacial score (nSPS) is 25.2. The zero-order valence-corrected chi connectivity index (χ0v) is 15.9. The fraction of sp³-hybridized carbons (Fsp3) is 0.455. The molecule has 0 spiro atoms. The van der Waals surface area contributed by atoms with Crippen molar-refractivity contribution in [2.24, 2.45) is 0 Å². The molecular formula is C22H27NO3. The Bertz CT molecular complexity index is 825. The summed E-state index contributed by atoms with van der Waals surface area (Å²) < 4.78 is 12.3. The minimum Gasteiger partial charge on any atom is -0.508 e. The molecule has 0 aliphatic carbocycles. The van der Waals surface area contributed by atoms with Gasteiger partial charge in [0.15, 0.2) is 0 Å². The van der Waals surface area contributed by atoms with Crippen LogP contribution in [0.1, 0.15) is 55.2 Å². The Balaban J connectivity index is 1.79. The van der Waals surface area contributed by atoms with Gasteiger partial charge in [-0.1, -0.05) is 39.0 Å². The SMILES string of the molecule is Cc1cc(O)ccc1C1Nc2ccc(C(C)(C)C)cc2C2OCCOC12. The molecule has 3 atom stereocenters. The second kappa shape index (κ2) is 6.29. The van der Waals surface area contributed by atoms with Gasteiger partial charge in [0.25, 0.3) is 0 Å². The number of fused-ring (bicyclic) bond motifs is 3. The quantitative estimate of drug-likeness (QED) is 0.785. The second-order valence-corrected chi connectivity index (χ2v) is 8.34. The maximum Gasteiger partial charge on any atom is 0.115 e. The molecular weight excluding hydrogens is 326 g/mol. The van der Waals surface area contributed by atoms with Crippen LogP contribution < -0.4 is 5.32 Å². The molecule has 2 aliphatic heterocycles. The van der Waals surface area contributed by atoms with Crippen molar-refractivity contribution < 1.29 is 14.6 Å². The first kappa shape index (κ1) is 17.4. The van der Waals surface area contributed by atoms with Crippen molar-refractivity contribution in [3.8, 4) is 5.75 Å². The number of aryl methyl sites for hydroxylation is 1. The zero-order valence-electron chi connectivity index (χ0n) is 15.9. The van der Waals surface area contributed by atoms with E-state index in [-0.39, 0.29) is 29.4 Å². The van der Waals surface area contributed by atoms with Gasteiger partial charge >= 0.3 is 0 Å². The van der Waals surface area contributed by atoms with Crippen LogP contribution in [0.15, 0.2) is 36.4 Å². The fourth-order valence-electron chi connectivity index (χ4n) is 3.99. The van der Waals surface area contributed by atoms with Crippen molar-refractivity contribution in [3.63, 3.8) is 0 Å². The van der Waals surface area contributed by atoms with Crippen LogP contribution in [0, 0.1) is 6.92 Å². The number of hydrogen-bond acceptors (Lipinski definition) is 4. The van der Waals surface area contributed by atoms with E-state index in [1.165, 1.54) is 11.1 Å². The van der Waals surface area contributed by atoms with Gasteiger partial charge in [-0.15, -0.1) is 0 Å². The van der Waals surface area contributed by atoms with Gasteiger partial charge in [-0.3, -0.25) is 0 Å². The lowest BCUT2D eigenvalue weighted by molar-refractivity contribution is -0.151. The summed E-state index contributed by atoms with van der Waals surface area (Å²) in [7, 11) is 0. The number of phenols is 1. The Morgan fingerprint density at radius 1 is 1.00 bits per heavy atom. The molecule has 0 bridgehead atoms. The van der Waals surface area contributed by atoms with E-state index in [4.69, 9.17) is 9.47 Å². The minimum atomic E-state index is -0.0882. The highest BCUT2D eigenvalue weighted by Crippen LogP contribution is 2.46. The summed E-state index contributed by atoms with van der Waals surface area (Å²) in [5.74, 6) is 0.287. The molecule has 2 aliphatic rings. The van der Waals surface area contributed by atoms with E-state index in [9.17, 15) is 5.11 Å². The van der Waals surface area contributed by atoms with Gasteiger partial charge in [-0.2, -0.15) is 0 Å². The molecule has 2 heterocycles. The van der Waals surface area contributed by atoms with E-state index < -0.39 is 0 Å². The number of benzene rings is 2. The monoisotopic (exact) mass is 353 g/mol. The van der Waals surface area contributed by atoms with E-state index in [1.807, 2.05) is 13.0 Å². The summed E-state index contributed by atoms with van der Waals surface area (Å²) in [5, 5.41) is 13.4. The number of anilines is 1.